The van der Waals surface area contributed by atoms with E-state index < -0.39 is 0 Å². The fourth-order valence-corrected chi connectivity index (χ4v) is 3.06. The zero-order valence-corrected chi connectivity index (χ0v) is 14.1. The van der Waals surface area contributed by atoms with Crippen LogP contribution in [0.3, 0.4) is 0 Å². The Balaban J connectivity index is 1.98. The van der Waals surface area contributed by atoms with E-state index in [1.807, 2.05) is 0 Å². The molecule has 2 atom stereocenters. The Bertz CT molecular complexity index is 413. The predicted octanol–water partition coefficient (Wildman–Crippen LogP) is 2.67. The van der Waals surface area contributed by atoms with Crippen LogP contribution in [-0.2, 0) is 0 Å². The summed E-state index contributed by atoms with van der Waals surface area (Å²) in [6, 6.07) is 10.2. The van der Waals surface area contributed by atoms with Crippen LogP contribution in [0.25, 0.3) is 0 Å². The highest BCUT2D eigenvalue weighted by molar-refractivity contribution is 5.24. The zero-order valence-electron chi connectivity index (χ0n) is 14.1. The summed E-state index contributed by atoms with van der Waals surface area (Å²) < 4.78 is 0. The van der Waals surface area contributed by atoms with Crippen LogP contribution in [0, 0.1) is 6.92 Å². The van der Waals surface area contributed by atoms with Crippen LogP contribution in [0.1, 0.15) is 36.9 Å². The normalized spacial score (nSPS) is 21.1. The van der Waals surface area contributed by atoms with E-state index in [9.17, 15) is 0 Å². The number of benzene rings is 1. The smallest absolute Gasteiger partial charge is 0.0449 e. The Labute approximate surface area is 130 Å². The van der Waals surface area contributed by atoms with Crippen molar-refractivity contribution in [3.05, 3.63) is 35.4 Å². The third-order valence-corrected chi connectivity index (χ3v) is 4.54. The maximum Gasteiger partial charge on any atom is 0.0449 e. The minimum Gasteiger partial charge on any atom is -0.309 e. The number of nitrogens with one attached hydrogen (secondary N) is 1. The van der Waals surface area contributed by atoms with Gasteiger partial charge in [0.05, 0.1) is 0 Å². The second kappa shape index (κ2) is 7.92. The Morgan fingerprint density at radius 2 is 2.00 bits per heavy atom. The summed E-state index contributed by atoms with van der Waals surface area (Å²) in [4.78, 5) is 4.97. The van der Waals surface area contributed by atoms with E-state index in [0.717, 1.165) is 19.1 Å². The number of hydrogen-bond acceptors (Lipinski definition) is 3. The van der Waals surface area contributed by atoms with Crippen molar-refractivity contribution < 1.29 is 0 Å². The van der Waals surface area contributed by atoms with Crippen LogP contribution in [0.5, 0.6) is 0 Å². The van der Waals surface area contributed by atoms with Gasteiger partial charge in [-0.05, 0) is 52.5 Å². The Hall–Kier alpha value is -0.900. The Kier molecular flexibility index (Phi) is 6.22. The summed E-state index contributed by atoms with van der Waals surface area (Å²) in [6.07, 6.45) is 2.48. The highest BCUT2D eigenvalue weighted by Gasteiger charge is 2.26. The molecule has 1 aliphatic rings. The summed E-state index contributed by atoms with van der Waals surface area (Å²) in [5.74, 6) is 0. The van der Waals surface area contributed by atoms with Gasteiger partial charge in [0.2, 0.25) is 0 Å². The van der Waals surface area contributed by atoms with Crippen molar-refractivity contribution in [2.24, 2.45) is 0 Å². The molecule has 1 fully saturated rings. The summed E-state index contributed by atoms with van der Waals surface area (Å²) in [5.41, 5.74) is 2.75. The van der Waals surface area contributed by atoms with Gasteiger partial charge < -0.3 is 10.2 Å². The van der Waals surface area contributed by atoms with E-state index in [1.54, 1.807) is 0 Å². The van der Waals surface area contributed by atoms with Gasteiger partial charge >= 0.3 is 0 Å². The molecule has 0 aliphatic carbocycles. The van der Waals surface area contributed by atoms with E-state index in [4.69, 9.17) is 0 Å². The first kappa shape index (κ1) is 16.5. The largest absolute Gasteiger partial charge is 0.309 e. The molecule has 0 radical (unpaired) electrons. The van der Waals surface area contributed by atoms with Crippen molar-refractivity contribution in [3.8, 4) is 0 Å². The standard InChI is InChI=1S/C18H31N3/c1-5-11-19-18(16-8-6-15(2)7-9-16)14-21-12-10-17(13-21)20(3)4/h6-9,17-19H,5,10-14H2,1-4H3. The fourth-order valence-electron chi connectivity index (χ4n) is 3.06. The van der Waals surface area contributed by atoms with Gasteiger partial charge in [0, 0.05) is 25.2 Å². The topological polar surface area (TPSA) is 18.5 Å². The molecule has 1 N–H and O–H groups in total. The SMILES string of the molecule is CCCNC(CN1CCC(N(C)C)C1)c1ccc(C)cc1. The highest BCUT2D eigenvalue weighted by atomic mass is 15.2. The molecule has 2 rings (SSSR count). The second-order valence-corrected chi connectivity index (χ2v) is 6.58. The molecule has 3 heteroatoms. The molecule has 3 nitrogen and oxygen atoms in total. The number of likely N-dealkylation sites (N-methyl/N-ethyl adjacent to an activating group) is 1. The molecular formula is C18H31N3. The van der Waals surface area contributed by atoms with Gasteiger partial charge in [0.1, 0.15) is 0 Å². The third kappa shape index (κ3) is 4.80. The maximum atomic E-state index is 3.72. The quantitative estimate of drug-likeness (QED) is 0.832. The highest BCUT2D eigenvalue weighted by Crippen LogP contribution is 2.20. The molecule has 1 heterocycles. The van der Waals surface area contributed by atoms with E-state index in [2.05, 4.69) is 67.3 Å². The first-order valence-electron chi connectivity index (χ1n) is 8.29. The van der Waals surface area contributed by atoms with Crippen LogP contribution in [0.15, 0.2) is 24.3 Å². The van der Waals surface area contributed by atoms with Crippen molar-refractivity contribution in [3.63, 3.8) is 0 Å². The third-order valence-electron chi connectivity index (χ3n) is 4.54. The molecule has 0 spiro atoms. The van der Waals surface area contributed by atoms with Gasteiger partial charge in [-0.15, -0.1) is 0 Å². The van der Waals surface area contributed by atoms with Crippen LogP contribution in [0.2, 0.25) is 0 Å². The number of hydrogen-bond donors (Lipinski definition) is 1. The first-order valence-corrected chi connectivity index (χ1v) is 8.29. The minimum atomic E-state index is 0.450. The molecule has 0 bridgehead atoms. The van der Waals surface area contributed by atoms with E-state index in [-0.39, 0.29) is 0 Å². The van der Waals surface area contributed by atoms with Gasteiger partial charge in [-0.25, -0.2) is 0 Å². The number of rotatable bonds is 7. The van der Waals surface area contributed by atoms with Crippen LogP contribution < -0.4 is 5.32 Å². The Morgan fingerprint density at radius 1 is 1.29 bits per heavy atom. The molecule has 0 saturated carbocycles. The van der Waals surface area contributed by atoms with E-state index in [1.165, 1.54) is 37.1 Å². The summed E-state index contributed by atoms with van der Waals surface area (Å²) >= 11 is 0. The van der Waals surface area contributed by atoms with Crippen molar-refractivity contribution >= 4 is 0 Å². The van der Waals surface area contributed by atoms with Gasteiger partial charge in [-0.2, -0.15) is 0 Å². The summed E-state index contributed by atoms with van der Waals surface area (Å²) in [7, 11) is 4.39. The molecule has 2 unspecified atom stereocenters. The van der Waals surface area contributed by atoms with Crippen LogP contribution in [-0.4, -0.2) is 56.1 Å². The van der Waals surface area contributed by atoms with Gasteiger partial charge in [-0.1, -0.05) is 36.8 Å². The predicted molar refractivity (Wildman–Crippen MR) is 90.7 cm³/mol. The molecule has 1 saturated heterocycles. The molecule has 1 aliphatic heterocycles. The second-order valence-electron chi connectivity index (χ2n) is 6.58. The van der Waals surface area contributed by atoms with Crippen molar-refractivity contribution in [1.82, 2.24) is 15.1 Å². The lowest BCUT2D eigenvalue weighted by molar-refractivity contribution is 0.250. The molecule has 1 aromatic carbocycles. The zero-order chi connectivity index (χ0) is 15.2. The molecule has 118 valence electrons. The molecule has 21 heavy (non-hydrogen) atoms. The van der Waals surface area contributed by atoms with E-state index in [0.29, 0.717) is 6.04 Å². The van der Waals surface area contributed by atoms with Gasteiger partial charge in [-0.3, -0.25) is 4.90 Å². The number of nitrogens with zero attached hydrogens (tertiary/aromatic N) is 2. The lowest BCUT2D eigenvalue weighted by atomic mass is 10.0. The monoisotopic (exact) mass is 289 g/mol. The molecule has 1 aromatic rings. The number of aryl methyl sites for hydroxylation is 1. The van der Waals surface area contributed by atoms with Crippen molar-refractivity contribution in [2.75, 3.05) is 40.3 Å². The first-order chi connectivity index (χ1) is 10.1. The lowest BCUT2D eigenvalue weighted by Crippen LogP contribution is -2.37. The fraction of sp³-hybridized carbons (Fsp3) is 0.667. The van der Waals surface area contributed by atoms with Gasteiger partial charge in [0.25, 0.3) is 0 Å². The number of likely N-dealkylation sites (tertiary alicyclic amines) is 1. The van der Waals surface area contributed by atoms with Gasteiger partial charge in [0.15, 0.2) is 0 Å². The molecular weight excluding hydrogens is 258 g/mol. The van der Waals surface area contributed by atoms with Crippen LogP contribution >= 0.6 is 0 Å². The average molecular weight is 289 g/mol. The van der Waals surface area contributed by atoms with Crippen LogP contribution in [0.4, 0.5) is 0 Å². The van der Waals surface area contributed by atoms with Crippen molar-refractivity contribution in [1.29, 1.82) is 0 Å². The molecule has 0 aromatic heterocycles. The summed E-state index contributed by atoms with van der Waals surface area (Å²) in [5, 5.41) is 3.72. The maximum absolute atomic E-state index is 3.72. The Morgan fingerprint density at radius 3 is 2.57 bits per heavy atom. The van der Waals surface area contributed by atoms with Crippen molar-refractivity contribution in [2.45, 2.75) is 38.8 Å². The lowest BCUT2D eigenvalue weighted by Gasteiger charge is -2.26. The summed E-state index contributed by atoms with van der Waals surface area (Å²) in [6.45, 7) is 9.01. The average Bonchev–Trinajstić information content (AvgIpc) is 2.93. The van der Waals surface area contributed by atoms with E-state index >= 15 is 0 Å². The minimum absolute atomic E-state index is 0.450. The molecule has 0 amide bonds.